The molecule has 1 aromatic rings. The van der Waals surface area contributed by atoms with Crippen LogP contribution < -0.4 is 4.72 Å². The molecular weight excluding hydrogens is 221 g/mol. The van der Waals surface area contributed by atoms with Crippen LogP contribution in [0.15, 0.2) is 24.3 Å². The molecule has 0 radical (unpaired) electrons. The second kappa shape index (κ2) is 4.80. The molecule has 1 rings (SSSR count). The largest absolute Gasteiger partial charge is 0.384 e. The van der Waals surface area contributed by atoms with E-state index in [0.717, 1.165) is 0 Å². The Bertz CT molecular complexity index is 370. The lowest BCUT2D eigenvalue weighted by Gasteiger charge is -2.23. The number of benzene rings is 1. The zero-order valence-electron chi connectivity index (χ0n) is 8.11. The van der Waals surface area contributed by atoms with Crippen LogP contribution in [0.1, 0.15) is 12.5 Å². The normalized spacial score (nSPS) is 17.1. The van der Waals surface area contributed by atoms with Crippen molar-refractivity contribution in [1.82, 2.24) is 4.72 Å². The Morgan fingerprint density at radius 1 is 1.53 bits per heavy atom. The lowest BCUT2D eigenvalue weighted by atomic mass is 9.96. The Morgan fingerprint density at radius 2 is 2.13 bits per heavy atom. The first-order chi connectivity index (χ1) is 6.93. The highest BCUT2D eigenvalue weighted by atomic mass is 32.2. The molecular formula is C9H12FNO3S. The van der Waals surface area contributed by atoms with E-state index in [1.807, 2.05) is 0 Å². The van der Waals surface area contributed by atoms with E-state index in [-0.39, 0.29) is 12.1 Å². The van der Waals surface area contributed by atoms with Gasteiger partial charge in [-0.05, 0) is 13.0 Å². The predicted octanol–water partition coefficient (Wildman–Crippen LogP) is 0.760. The van der Waals surface area contributed by atoms with E-state index in [2.05, 4.69) is 4.72 Å². The molecule has 6 heteroatoms. The van der Waals surface area contributed by atoms with Crippen LogP contribution in [0.2, 0.25) is 0 Å². The SMILES string of the molecule is CC(O)(CNS(=O)O)c1ccccc1F. The maximum absolute atomic E-state index is 13.3. The topological polar surface area (TPSA) is 69.6 Å². The van der Waals surface area contributed by atoms with Crippen molar-refractivity contribution in [3.8, 4) is 0 Å². The summed E-state index contributed by atoms with van der Waals surface area (Å²) in [6.45, 7) is 1.16. The molecule has 15 heavy (non-hydrogen) atoms. The van der Waals surface area contributed by atoms with Crippen LogP contribution in [0.3, 0.4) is 0 Å². The monoisotopic (exact) mass is 233 g/mol. The molecule has 0 bridgehead atoms. The summed E-state index contributed by atoms with van der Waals surface area (Å²) in [5, 5.41) is 9.87. The van der Waals surface area contributed by atoms with Crippen molar-refractivity contribution in [1.29, 1.82) is 0 Å². The van der Waals surface area contributed by atoms with Gasteiger partial charge in [-0.25, -0.2) is 13.3 Å². The Kier molecular flexibility index (Phi) is 3.92. The van der Waals surface area contributed by atoms with Crippen LogP contribution >= 0.6 is 0 Å². The van der Waals surface area contributed by atoms with Crippen LogP contribution in [0.5, 0.6) is 0 Å². The van der Waals surface area contributed by atoms with Gasteiger partial charge in [0.2, 0.25) is 11.3 Å². The third-order valence-corrected chi connectivity index (χ3v) is 2.39. The number of aliphatic hydroxyl groups is 1. The summed E-state index contributed by atoms with van der Waals surface area (Å²) in [6.07, 6.45) is 0. The summed E-state index contributed by atoms with van der Waals surface area (Å²) in [5.41, 5.74) is -1.44. The Morgan fingerprint density at radius 3 is 2.67 bits per heavy atom. The van der Waals surface area contributed by atoms with Crippen LogP contribution in [0.25, 0.3) is 0 Å². The highest BCUT2D eigenvalue weighted by molar-refractivity contribution is 7.77. The van der Waals surface area contributed by atoms with E-state index in [4.69, 9.17) is 4.55 Å². The van der Waals surface area contributed by atoms with E-state index < -0.39 is 22.7 Å². The highest BCUT2D eigenvalue weighted by Crippen LogP contribution is 2.22. The molecule has 0 saturated carbocycles. The molecule has 0 aliphatic rings. The molecule has 4 nitrogen and oxygen atoms in total. The average molecular weight is 233 g/mol. The van der Waals surface area contributed by atoms with E-state index in [0.29, 0.717) is 0 Å². The van der Waals surface area contributed by atoms with Crippen LogP contribution in [-0.4, -0.2) is 20.4 Å². The first kappa shape index (κ1) is 12.3. The minimum absolute atomic E-state index is 0.0861. The number of hydrogen-bond donors (Lipinski definition) is 3. The van der Waals surface area contributed by atoms with Gasteiger partial charge < -0.3 is 5.11 Å². The van der Waals surface area contributed by atoms with Crippen LogP contribution in [0.4, 0.5) is 4.39 Å². The Balaban J connectivity index is 2.85. The molecule has 3 N–H and O–H groups in total. The molecule has 0 heterocycles. The smallest absolute Gasteiger partial charge is 0.231 e. The molecule has 0 aliphatic carbocycles. The molecule has 0 aromatic heterocycles. The Labute approximate surface area is 89.5 Å². The molecule has 0 saturated heterocycles. The summed E-state index contributed by atoms with van der Waals surface area (Å²) in [6, 6.07) is 5.74. The molecule has 84 valence electrons. The van der Waals surface area contributed by atoms with E-state index in [9.17, 15) is 13.7 Å². The van der Waals surface area contributed by atoms with Gasteiger partial charge in [0.1, 0.15) is 11.4 Å². The van der Waals surface area contributed by atoms with Crippen molar-refractivity contribution in [3.05, 3.63) is 35.6 Å². The first-order valence-electron chi connectivity index (χ1n) is 4.25. The second-order valence-corrected chi connectivity index (χ2v) is 4.11. The molecule has 2 unspecified atom stereocenters. The van der Waals surface area contributed by atoms with Gasteiger partial charge in [-0.2, -0.15) is 0 Å². The third kappa shape index (κ3) is 3.35. The summed E-state index contributed by atoms with van der Waals surface area (Å²) in [4.78, 5) is 0. The average Bonchev–Trinajstić information content (AvgIpc) is 2.15. The zero-order chi connectivity index (χ0) is 11.5. The first-order valence-corrected chi connectivity index (χ1v) is 5.36. The predicted molar refractivity (Wildman–Crippen MR) is 54.7 cm³/mol. The molecule has 0 aliphatic heterocycles. The second-order valence-electron chi connectivity index (χ2n) is 3.32. The molecule has 1 aromatic carbocycles. The van der Waals surface area contributed by atoms with Crippen LogP contribution in [-0.2, 0) is 16.9 Å². The van der Waals surface area contributed by atoms with Crippen molar-refractivity contribution in [2.75, 3.05) is 6.54 Å². The Hall–Kier alpha value is -0.820. The van der Waals surface area contributed by atoms with Gasteiger partial charge in [0.15, 0.2) is 0 Å². The standard InChI is InChI=1S/C9H12FNO3S/c1-9(12,6-11-15(13)14)7-4-2-3-5-8(7)10/h2-5,11-12H,6H2,1H3,(H,13,14). The summed E-state index contributed by atoms with van der Waals surface area (Å²) in [5.74, 6) is -0.548. The number of nitrogens with one attached hydrogen (secondary N) is 1. The number of rotatable bonds is 4. The van der Waals surface area contributed by atoms with Crippen molar-refractivity contribution < 1.29 is 18.3 Å². The fraction of sp³-hybridized carbons (Fsp3) is 0.333. The van der Waals surface area contributed by atoms with E-state index >= 15 is 0 Å². The highest BCUT2D eigenvalue weighted by Gasteiger charge is 2.26. The van der Waals surface area contributed by atoms with E-state index in [1.54, 1.807) is 6.07 Å². The molecule has 0 amide bonds. The van der Waals surface area contributed by atoms with E-state index in [1.165, 1.54) is 25.1 Å². The maximum Gasteiger partial charge on any atom is 0.231 e. The molecule has 0 spiro atoms. The van der Waals surface area contributed by atoms with Crippen molar-refractivity contribution in [2.24, 2.45) is 0 Å². The van der Waals surface area contributed by atoms with Gasteiger partial charge in [-0.3, -0.25) is 4.55 Å². The van der Waals surface area contributed by atoms with Crippen LogP contribution in [0, 0.1) is 5.82 Å². The van der Waals surface area contributed by atoms with Crippen molar-refractivity contribution in [2.45, 2.75) is 12.5 Å². The minimum atomic E-state index is -2.22. The van der Waals surface area contributed by atoms with Gasteiger partial charge in [0.05, 0.1) is 0 Å². The summed E-state index contributed by atoms with van der Waals surface area (Å²) < 4.78 is 34.3. The van der Waals surface area contributed by atoms with Crippen molar-refractivity contribution in [3.63, 3.8) is 0 Å². The van der Waals surface area contributed by atoms with Gasteiger partial charge >= 0.3 is 0 Å². The van der Waals surface area contributed by atoms with Crippen molar-refractivity contribution >= 4 is 11.3 Å². The van der Waals surface area contributed by atoms with Gasteiger partial charge in [0.25, 0.3) is 0 Å². The number of halogens is 1. The molecule has 2 atom stereocenters. The van der Waals surface area contributed by atoms with Gasteiger partial charge in [-0.15, -0.1) is 0 Å². The van der Waals surface area contributed by atoms with Gasteiger partial charge in [0, 0.05) is 12.1 Å². The minimum Gasteiger partial charge on any atom is -0.384 e. The summed E-state index contributed by atoms with van der Waals surface area (Å²) >= 11 is -2.22. The zero-order valence-corrected chi connectivity index (χ0v) is 8.92. The maximum atomic E-state index is 13.3. The lowest BCUT2D eigenvalue weighted by molar-refractivity contribution is 0.0588. The fourth-order valence-corrected chi connectivity index (χ4v) is 1.60. The number of hydrogen-bond acceptors (Lipinski definition) is 2. The fourth-order valence-electron chi connectivity index (χ4n) is 1.20. The van der Waals surface area contributed by atoms with Gasteiger partial charge in [-0.1, -0.05) is 18.2 Å². The summed E-state index contributed by atoms with van der Waals surface area (Å²) in [7, 11) is 0. The quantitative estimate of drug-likeness (QED) is 0.672. The third-order valence-electron chi connectivity index (χ3n) is 1.99. The lowest BCUT2D eigenvalue weighted by Crippen LogP contribution is -2.36. The molecule has 0 fully saturated rings.